The summed E-state index contributed by atoms with van der Waals surface area (Å²) in [6, 6.07) is 4.96. The zero-order chi connectivity index (χ0) is 15.1. The number of hydrogen-bond acceptors (Lipinski definition) is 3. The second kappa shape index (κ2) is 7.75. The molecule has 0 bridgehead atoms. The Morgan fingerprint density at radius 2 is 2.15 bits per heavy atom. The number of nitrogens with one attached hydrogen (secondary N) is 1. The highest BCUT2D eigenvalue weighted by Crippen LogP contribution is 2.15. The third kappa shape index (κ3) is 4.74. The second-order valence-electron chi connectivity index (χ2n) is 4.45. The van der Waals surface area contributed by atoms with Crippen LogP contribution in [-0.4, -0.2) is 10.9 Å². The average molecular weight is 299 g/mol. The van der Waals surface area contributed by atoms with E-state index in [-0.39, 0.29) is 11.8 Å². The molecule has 2 rings (SSSR count). The van der Waals surface area contributed by atoms with Crippen LogP contribution in [0.2, 0.25) is 5.02 Å². The number of fused-ring (bicyclic) bond motifs is 1. The summed E-state index contributed by atoms with van der Waals surface area (Å²) in [6.07, 6.45) is 2.86. The normalized spacial score (nSPS) is 11.8. The smallest absolute Gasteiger partial charge is 0.408 e. The van der Waals surface area contributed by atoms with Crippen LogP contribution in [-0.2, 0) is 4.79 Å². The van der Waals surface area contributed by atoms with Crippen LogP contribution in [0.1, 0.15) is 33.1 Å². The summed E-state index contributed by atoms with van der Waals surface area (Å²) in [5.41, 5.74) is 6.25. The Bertz CT molecular complexity index is 618. The van der Waals surface area contributed by atoms with Gasteiger partial charge in [0.2, 0.25) is 5.91 Å². The molecule has 2 aromatic rings. The van der Waals surface area contributed by atoms with Gasteiger partial charge < -0.3 is 10.2 Å². The summed E-state index contributed by atoms with van der Waals surface area (Å²) in [5, 5.41) is 0.578. The minimum absolute atomic E-state index is 0.106. The van der Waals surface area contributed by atoms with E-state index in [1.54, 1.807) is 18.2 Å². The summed E-state index contributed by atoms with van der Waals surface area (Å²) in [4.78, 5) is 23.7. The predicted molar refractivity (Wildman–Crippen MR) is 79.7 cm³/mol. The number of nitrogens with two attached hydrogens (primary N) is 1. The molecule has 1 unspecified atom stereocenters. The van der Waals surface area contributed by atoms with E-state index in [0.29, 0.717) is 16.1 Å². The minimum atomic E-state index is -0.456. The maximum absolute atomic E-state index is 10.6. The van der Waals surface area contributed by atoms with Crippen LogP contribution in [0.15, 0.2) is 27.4 Å². The number of oxazole rings is 1. The molecule has 6 heteroatoms. The fraction of sp³-hybridized carbons (Fsp3) is 0.429. The Morgan fingerprint density at radius 3 is 2.65 bits per heavy atom. The molecule has 20 heavy (non-hydrogen) atoms. The van der Waals surface area contributed by atoms with Crippen LogP contribution >= 0.6 is 11.6 Å². The van der Waals surface area contributed by atoms with Gasteiger partial charge in [0.1, 0.15) is 0 Å². The van der Waals surface area contributed by atoms with E-state index in [2.05, 4.69) is 11.9 Å². The first-order valence-electron chi connectivity index (χ1n) is 6.55. The largest absolute Gasteiger partial charge is 0.417 e. The standard InChI is InChI=1S/C7H4ClNO2.C7H15NO/c8-4-1-2-6-5(3-4)9-7(10)11-6;1-3-5-6(4-2)7(8)9/h1-3H,(H,9,10);6H,3-5H2,1-2H3,(H2,8,9). The number of benzene rings is 1. The molecule has 0 aliphatic rings. The predicted octanol–water partition coefficient (Wildman–Crippen LogP) is 3.07. The van der Waals surface area contributed by atoms with E-state index >= 15 is 0 Å². The third-order valence-electron chi connectivity index (χ3n) is 2.91. The lowest BCUT2D eigenvalue weighted by Gasteiger charge is -2.06. The lowest BCUT2D eigenvalue weighted by Crippen LogP contribution is -2.22. The number of amides is 1. The summed E-state index contributed by atoms with van der Waals surface area (Å²) >= 11 is 5.66. The van der Waals surface area contributed by atoms with Gasteiger partial charge in [-0.05, 0) is 31.0 Å². The number of primary amides is 1. The van der Waals surface area contributed by atoms with Crippen molar-refractivity contribution in [3.8, 4) is 0 Å². The summed E-state index contributed by atoms with van der Waals surface area (Å²) < 4.78 is 4.75. The molecule has 0 fully saturated rings. The number of rotatable bonds is 4. The molecule has 0 saturated heterocycles. The molecule has 1 aromatic carbocycles. The number of carbonyl (C=O) groups excluding carboxylic acids is 1. The van der Waals surface area contributed by atoms with Gasteiger partial charge in [-0.1, -0.05) is 31.9 Å². The first-order chi connectivity index (χ1) is 9.47. The van der Waals surface area contributed by atoms with Gasteiger partial charge in [-0.25, -0.2) is 4.79 Å². The van der Waals surface area contributed by atoms with Crippen LogP contribution in [0.25, 0.3) is 11.1 Å². The van der Waals surface area contributed by atoms with Crippen LogP contribution < -0.4 is 11.5 Å². The Labute approximate surface area is 122 Å². The SMILES string of the molecule is CCCC(CC)C(N)=O.O=c1[nH]c2cc(Cl)ccc2o1. The zero-order valence-corrected chi connectivity index (χ0v) is 12.4. The molecule has 0 radical (unpaired) electrons. The quantitative estimate of drug-likeness (QED) is 0.909. The number of aromatic amines is 1. The Kier molecular flexibility index (Phi) is 6.31. The van der Waals surface area contributed by atoms with Crippen molar-refractivity contribution in [2.75, 3.05) is 0 Å². The molecule has 0 aliphatic heterocycles. The van der Waals surface area contributed by atoms with Gasteiger partial charge in [0.25, 0.3) is 0 Å². The highest BCUT2D eigenvalue weighted by molar-refractivity contribution is 6.31. The molecular formula is C14H19ClN2O3. The van der Waals surface area contributed by atoms with Crippen molar-refractivity contribution < 1.29 is 9.21 Å². The topological polar surface area (TPSA) is 89.1 Å². The Morgan fingerprint density at radius 1 is 1.45 bits per heavy atom. The van der Waals surface area contributed by atoms with Gasteiger partial charge in [0.05, 0.1) is 5.52 Å². The van der Waals surface area contributed by atoms with Crippen LogP contribution in [0.5, 0.6) is 0 Å². The molecular weight excluding hydrogens is 280 g/mol. The number of carbonyl (C=O) groups is 1. The summed E-state index contributed by atoms with van der Waals surface area (Å²) in [5.74, 6) is -0.503. The molecule has 5 nitrogen and oxygen atoms in total. The number of hydrogen-bond donors (Lipinski definition) is 2. The summed E-state index contributed by atoms with van der Waals surface area (Å²) in [7, 11) is 0. The molecule has 0 saturated carbocycles. The summed E-state index contributed by atoms with van der Waals surface area (Å²) in [6.45, 7) is 4.05. The van der Waals surface area contributed by atoms with Crippen molar-refractivity contribution in [2.24, 2.45) is 11.7 Å². The van der Waals surface area contributed by atoms with E-state index in [0.717, 1.165) is 19.3 Å². The van der Waals surface area contributed by atoms with Gasteiger partial charge in [-0.2, -0.15) is 0 Å². The van der Waals surface area contributed by atoms with E-state index < -0.39 is 5.76 Å². The van der Waals surface area contributed by atoms with Crippen molar-refractivity contribution in [2.45, 2.75) is 33.1 Å². The van der Waals surface area contributed by atoms with Gasteiger partial charge in [0.15, 0.2) is 5.58 Å². The average Bonchev–Trinajstić information content (AvgIpc) is 2.75. The maximum atomic E-state index is 10.6. The molecule has 0 aliphatic carbocycles. The Balaban J connectivity index is 0.000000206. The molecule has 1 heterocycles. The van der Waals surface area contributed by atoms with Crippen LogP contribution in [0.4, 0.5) is 0 Å². The fourth-order valence-electron chi connectivity index (χ4n) is 1.82. The monoisotopic (exact) mass is 298 g/mol. The first kappa shape index (κ1) is 16.3. The molecule has 0 spiro atoms. The molecule has 3 N–H and O–H groups in total. The van der Waals surface area contributed by atoms with Gasteiger partial charge >= 0.3 is 5.76 Å². The molecule has 1 amide bonds. The first-order valence-corrected chi connectivity index (χ1v) is 6.93. The lowest BCUT2D eigenvalue weighted by molar-refractivity contribution is -0.122. The van der Waals surface area contributed by atoms with Crippen molar-refractivity contribution in [3.05, 3.63) is 33.8 Å². The molecule has 1 atom stereocenters. The van der Waals surface area contributed by atoms with Gasteiger partial charge in [-0.3, -0.25) is 9.78 Å². The lowest BCUT2D eigenvalue weighted by atomic mass is 10.0. The second-order valence-corrected chi connectivity index (χ2v) is 4.89. The van der Waals surface area contributed by atoms with E-state index in [9.17, 15) is 9.59 Å². The van der Waals surface area contributed by atoms with Crippen LogP contribution in [0, 0.1) is 5.92 Å². The van der Waals surface area contributed by atoms with Gasteiger partial charge in [-0.15, -0.1) is 0 Å². The van der Waals surface area contributed by atoms with E-state index in [4.69, 9.17) is 21.8 Å². The van der Waals surface area contributed by atoms with Crippen molar-refractivity contribution in [1.29, 1.82) is 0 Å². The Hall–Kier alpha value is -1.75. The maximum Gasteiger partial charge on any atom is 0.417 e. The van der Waals surface area contributed by atoms with E-state index in [1.807, 2.05) is 6.92 Å². The zero-order valence-electron chi connectivity index (χ0n) is 11.6. The minimum Gasteiger partial charge on any atom is -0.408 e. The number of H-pyrrole nitrogens is 1. The molecule has 1 aromatic heterocycles. The molecule has 110 valence electrons. The number of aromatic nitrogens is 1. The highest BCUT2D eigenvalue weighted by Gasteiger charge is 2.09. The number of halogens is 1. The fourth-order valence-corrected chi connectivity index (χ4v) is 1.99. The highest BCUT2D eigenvalue weighted by atomic mass is 35.5. The van der Waals surface area contributed by atoms with Gasteiger partial charge in [0, 0.05) is 10.9 Å². The third-order valence-corrected chi connectivity index (χ3v) is 3.15. The van der Waals surface area contributed by atoms with Crippen molar-refractivity contribution in [3.63, 3.8) is 0 Å². The van der Waals surface area contributed by atoms with Crippen molar-refractivity contribution >= 4 is 28.6 Å². The van der Waals surface area contributed by atoms with Crippen LogP contribution in [0.3, 0.4) is 0 Å². The van der Waals surface area contributed by atoms with E-state index in [1.165, 1.54) is 0 Å². The van der Waals surface area contributed by atoms with Crippen molar-refractivity contribution in [1.82, 2.24) is 4.98 Å².